The van der Waals surface area contributed by atoms with Gasteiger partial charge in [-0.25, -0.2) is 4.98 Å². The van der Waals surface area contributed by atoms with Crippen molar-refractivity contribution >= 4 is 0 Å². The van der Waals surface area contributed by atoms with Crippen LogP contribution in [0.1, 0.15) is 12.8 Å². The number of ether oxygens (including phenoxy) is 2. The molecular weight excluding hydrogens is 270 g/mol. The van der Waals surface area contributed by atoms with E-state index in [1.165, 1.54) is 6.07 Å². The average Bonchev–Trinajstić information content (AvgIpc) is 2.52. The van der Waals surface area contributed by atoms with Crippen molar-refractivity contribution in [1.29, 1.82) is 0 Å². The van der Waals surface area contributed by atoms with Gasteiger partial charge in [0, 0.05) is 25.4 Å². The fourth-order valence-electron chi connectivity index (χ4n) is 3.08. The van der Waals surface area contributed by atoms with Crippen molar-refractivity contribution in [3.05, 3.63) is 28.9 Å². The Bertz CT molecular complexity index is 491. The Balaban J connectivity index is 1.44. The summed E-state index contributed by atoms with van der Waals surface area (Å²) in [6.07, 6.45) is 5.65. The fourth-order valence-corrected chi connectivity index (χ4v) is 3.08. The van der Waals surface area contributed by atoms with Gasteiger partial charge in [-0.05, 0) is 31.8 Å². The van der Waals surface area contributed by atoms with E-state index < -0.39 is 0 Å². The SMILES string of the molecule is O=c1ccncn1CC1CCN(CC2COCCO2)CC1. The molecule has 3 heterocycles. The van der Waals surface area contributed by atoms with E-state index in [0.29, 0.717) is 19.1 Å². The summed E-state index contributed by atoms with van der Waals surface area (Å²) in [6.45, 7) is 6.02. The predicted molar refractivity (Wildman–Crippen MR) is 78.2 cm³/mol. The van der Waals surface area contributed by atoms with E-state index >= 15 is 0 Å². The molecule has 0 aliphatic carbocycles. The first kappa shape index (κ1) is 14.7. The smallest absolute Gasteiger partial charge is 0.253 e. The summed E-state index contributed by atoms with van der Waals surface area (Å²) in [5.41, 5.74) is 0.0418. The van der Waals surface area contributed by atoms with Gasteiger partial charge >= 0.3 is 0 Å². The van der Waals surface area contributed by atoms with Gasteiger partial charge in [-0.15, -0.1) is 0 Å². The molecule has 2 fully saturated rings. The monoisotopic (exact) mass is 293 g/mol. The molecule has 3 rings (SSSR count). The third kappa shape index (κ3) is 4.12. The van der Waals surface area contributed by atoms with E-state index in [-0.39, 0.29) is 11.7 Å². The van der Waals surface area contributed by atoms with Crippen LogP contribution < -0.4 is 5.56 Å². The topological polar surface area (TPSA) is 56.6 Å². The van der Waals surface area contributed by atoms with Crippen LogP contribution in [0.4, 0.5) is 0 Å². The molecule has 1 unspecified atom stereocenters. The van der Waals surface area contributed by atoms with Crippen molar-refractivity contribution in [3.8, 4) is 0 Å². The minimum absolute atomic E-state index is 0.0418. The van der Waals surface area contributed by atoms with Gasteiger partial charge in [0.2, 0.25) is 0 Å². The molecule has 0 spiro atoms. The molecule has 0 saturated carbocycles. The zero-order valence-electron chi connectivity index (χ0n) is 12.3. The van der Waals surface area contributed by atoms with E-state index in [0.717, 1.165) is 45.6 Å². The minimum Gasteiger partial charge on any atom is -0.376 e. The highest BCUT2D eigenvalue weighted by Crippen LogP contribution is 2.19. The molecule has 6 heteroatoms. The molecule has 0 bridgehead atoms. The maximum absolute atomic E-state index is 11.7. The van der Waals surface area contributed by atoms with Gasteiger partial charge in [-0.2, -0.15) is 0 Å². The fraction of sp³-hybridized carbons (Fsp3) is 0.733. The Hall–Kier alpha value is -1.24. The van der Waals surface area contributed by atoms with Gasteiger partial charge in [-0.1, -0.05) is 0 Å². The van der Waals surface area contributed by atoms with Gasteiger partial charge in [0.25, 0.3) is 5.56 Å². The van der Waals surface area contributed by atoms with Crippen LogP contribution in [-0.4, -0.2) is 60.0 Å². The zero-order valence-corrected chi connectivity index (χ0v) is 12.3. The molecule has 1 atom stereocenters. The Morgan fingerprint density at radius 1 is 1.24 bits per heavy atom. The third-order valence-corrected chi connectivity index (χ3v) is 4.30. The third-order valence-electron chi connectivity index (χ3n) is 4.30. The minimum atomic E-state index is 0.0418. The quantitative estimate of drug-likeness (QED) is 0.803. The maximum atomic E-state index is 11.7. The number of piperidine rings is 1. The van der Waals surface area contributed by atoms with Crippen molar-refractivity contribution in [1.82, 2.24) is 14.5 Å². The maximum Gasteiger partial charge on any atom is 0.253 e. The van der Waals surface area contributed by atoms with Crippen LogP contribution in [-0.2, 0) is 16.0 Å². The van der Waals surface area contributed by atoms with Gasteiger partial charge in [0.1, 0.15) is 0 Å². The van der Waals surface area contributed by atoms with Crippen LogP contribution in [0.5, 0.6) is 0 Å². The van der Waals surface area contributed by atoms with Gasteiger partial charge < -0.3 is 14.4 Å². The van der Waals surface area contributed by atoms with Crippen LogP contribution in [0.25, 0.3) is 0 Å². The molecule has 1 aromatic rings. The number of aromatic nitrogens is 2. The lowest BCUT2D eigenvalue weighted by Crippen LogP contribution is -2.44. The van der Waals surface area contributed by atoms with Crippen molar-refractivity contribution in [3.63, 3.8) is 0 Å². The number of hydrogen-bond donors (Lipinski definition) is 0. The first-order valence-corrected chi connectivity index (χ1v) is 7.73. The second-order valence-electron chi connectivity index (χ2n) is 5.88. The van der Waals surface area contributed by atoms with Gasteiger partial charge in [-0.3, -0.25) is 9.36 Å². The summed E-state index contributed by atoms with van der Waals surface area (Å²) >= 11 is 0. The molecule has 116 valence electrons. The number of hydrogen-bond acceptors (Lipinski definition) is 5. The first-order chi connectivity index (χ1) is 10.3. The van der Waals surface area contributed by atoms with Crippen LogP contribution in [0.3, 0.4) is 0 Å². The van der Waals surface area contributed by atoms with Crippen molar-refractivity contribution in [2.75, 3.05) is 39.5 Å². The number of nitrogens with zero attached hydrogens (tertiary/aromatic N) is 3. The summed E-state index contributed by atoms with van der Waals surface area (Å²) in [6, 6.07) is 1.52. The largest absolute Gasteiger partial charge is 0.376 e. The second kappa shape index (κ2) is 7.15. The number of rotatable bonds is 4. The lowest BCUT2D eigenvalue weighted by Gasteiger charge is -2.35. The molecule has 0 radical (unpaired) electrons. The van der Waals surface area contributed by atoms with E-state index in [2.05, 4.69) is 9.88 Å². The molecule has 2 aliphatic rings. The Morgan fingerprint density at radius 2 is 2.10 bits per heavy atom. The second-order valence-corrected chi connectivity index (χ2v) is 5.88. The molecular formula is C15H23N3O3. The van der Waals surface area contributed by atoms with E-state index in [1.807, 2.05) is 0 Å². The highest BCUT2D eigenvalue weighted by atomic mass is 16.6. The highest BCUT2D eigenvalue weighted by molar-refractivity contribution is 4.84. The van der Waals surface area contributed by atoms with Crippen LogP contribution in [0.2, 0.25) is 0 Å². The standard InChI is InChI=1S/C15H23N3O3/c19-15-1-4-16-12-18(15)9-13-2-5-17(6-3-13)10-14-11-20-7-8-21-14/h1,4,12-14H,2-3,5-11H2. The highest BCUT2D eigenvalue weighted by Gasteiger charge is 2.23. The predicted octanol–water partition coefficient (Wildman–Crippen LogP) is 0.371. The Kier molecular flexibility index (Phi) is 5.00. The summed E-state index contributed by atoms with van der Waals surface area (Å²) < 4.78 is 12.9. The summed E-state index contributed by atoms with van der Waals surface area (Å²) in [5, 5.41) is 0. The Morgan fingerprint density at radius 3 is 2.81 bits per heavy atom. The van der Waals surface area contributed by atoms with E-state index in [4.69, 9.17) is 9.47 Å². The molecule has 1 aromatic heterocycles. The average molecular weight is 293 g/mol. The molecule has 0 aromatic carbocycles. The van der Waals surface area contributed by atoms with Gasteiger partial charge in [0.05, 0.1) is 32.3 Å². The molecule has 6 nitrogen and oxygen atoms in total. The molecule has 21 heavy (non-hydrogen) atoms. The zero-order chi connectivity index (χ0) is 14.5. The Labute approximate surface area is 124 Å². The number of likely N-dealkylation sites (tertiary alicyclic amines) is 1. The summed E-state index contributed by atoms with van der Waals surface area (Å²) in [7, 11) is 0. The summed E-state index contributed by atoms with van der Waals surface area (Å²) in [5.74, 6) is 0.562. The van der Waals surface area contributed by atoms with Gasteiger partial charge in [0.15, 0.2) is 0 Å². The van der Waals surface area contributed by atoms with E-state index in [9.17, 15) is 4.79 Å². The van der Waals surface area contributed by atoms with Crippen LogP contribution in [0, 0.1) is 5.92 Å². The van der Waals surface area contributed by atoms with Crippen molar-refractivity contribution in [2.45, 2.75) is 25.5 Å². The lowest BCUT2D eigenvalue weighted by molar-refractivity contribution is -0.0994. The molecule has 0 amide bonds. The van der Waals surface area contributed by atoms with Crippen LogP contribution >= 0.6 is 0 Å². The van der Waals surface area contributed by atoms with Crippen molar-refractivity contribution < 1.29 is 9.47 Å². The first-order valence-electron chi connectivity index (χ1n) is 7.73. The summed E-state index contributed by atoms with van der Waals surface area (Å²) in [4.78, 5) is 18.2. The molecule has 2 aliphatic heterocycles. The lowest BCUT2D eigenvalue weighted by atomic mass is 9.96. The normalized spacial score (nSPS) is 25.0. The molecule has 0 N–H and O–H groups in total. The molecule has 2 saturated heterocycles. The van der Waals surface area contributed by atoms with E-state index in [1.54, 1.807) is 17.1 Å². The van der Waals surface area contributed by atoms with Crippen molar-refractivity contribution in [2.24, 2.45) is 5.92 Å². The van der Waals surface area contributed by atoms with Crippen LogP contribution in [0.15, 0.2) is 23.4 Å².